The number of anilines is 1. The molecule has 2 aromatic carbocycles. The van der Waals surface area contributed by atoms with Crippen LogP contribution < -0.4 is 10.5 Å². The van der Waals surface area contributed by atoms with Gasteiger partial charge in [0, 0.05) is 30.8 Å². The SMILES string of the molecule is Nc1ncc(-c2ccc(F)cc2)c([C@@H]2CCCN(C(=O)COc3ccccc3)C2)n1. The van der Waals surface area contributed by atoms with Crippen LogP contribution in [0.1, 0.15) is 24.5 Å². The summed E-state index contributed by atoms with van der Waals surface area (Å²) in [6, 6.07) is 15.5. The highest BCUT2D eigenvalue weighted by molar-refractivity contribution is 5.78. The number of carbonyl (C=O) groups is 1. The van der Waals surface area contributed by atoms with Crippen molar-refractivity contribution in [2.45, 2.75) is 18.8 Å². The molecule has 1 atom stereocenters. The number of aromatic nitrogens is 2. The van der Waals surface area contributed by atoms with Gasteiger partial charge in [0.15, 0.2) is 6.61 Å². The minimum absolute atomic E-state index is 0.00648. The molecule has 0 unspecified atom stereocenters. The normalized spacial score (nSPS) is 16.3. The molecule has 2 N–H and O–H groups in total. The van der Waals surface area contributed by atoms with E-state index in [-0.39, 0.29) is 30.2 Å². The lowest BCUT2D eigenvalue weighted by Crippen LogP contribution is -2.41. The molecule has 1 aliphatic rings. The van der Waals surface area contributed by atoms with Crippen molar-refractivity contribution in [3.05, 3.63) is 72.3 Å². The number of nitrogens with two attached hydrogens (primary N) is 1. The van der Waals surface area contributed by atoms with Gasteiger partial charge in [0.25, 0.3) is 5.91 Å². The van der Waals surface area contributed by atoms with E-state index >= 15 is 0 Å². The molecule has 6 nitrogen and oxygen atoms in total. The number of likely N-dealkylation sites (tertiary alicyclic amines) is 1. The lowest BCUT2D eigenvalue weighted by atomic mass is 9.90. The van der Waals surface area contributed by atoms with Gasteiger partial charge in [-0.05, 0) is 42.7 Å². The average molecular weight is 406 g/mol. The molecule has 0 aliphatic carbocycles. The third-order valence-corrected chi connectivity index (χ3v) is 5.26. The molecule has 0 bridgehead atoms. The number of nitrogen functional groups attached to an aromatic ring is 1. The van der Waals surface area contributed by atoms with Crippen molar-refractivity contribution in [3.63, 3.8) is 0 Å². The Labute approximate surface area is 174 Å². The van der Waals surface area contributed by atoms with Crippen molar-refractivity contribution in [3.8, 4) is 16.9 Å². The minimum Gasteiger partial charge on any atom is -0.484 e. The number of piperidine rings is 1. The molecule has 2 heterocycles. The Hall–Kier alpha value is -3.48. The van der Waals surface area contributed by atoms with Gasteiger partial charge in [-0.2, -0.15) is 0 Å². The predicted molar refractivity (Wildman–Crippen MR) is 112 cm³/mol. The summed E-state index contributed by atoms with van der Waals surface area (Å²) < 4.78 is 19.0. The maximum Gasteiger partial charge on any atom is 0.260 e. The molecular weight excluding hydrogens is 383 g/mol. The lowest BCUT2D eigenvalue weighted by molar-refractivity contribution is -0.134. The molecule has 7 heteroatoms. The van der Waals surface area contributed by atoms with E-state index in [1.165, 1.54) is 12.1 Å². The molecule has 1 saturated heterocycles. The highest BCUT2D eigenvalue weighted by Gasteiger charge is 2.28. The van der Waals surface area contributed by atoms with Crippen LogP contribution in [0.4, 0.5) is 10.3 Å². The summed E-state index contributed by atoms with van der Waals surface area (Å²) in [5.41, 5.74) is 8.28. The summed E-state index contributed by atoms with van der Waals surface area (Å²) in [6.45, 7) is 1.20. The number of halogens is 1. The number of para-hydroxylation sites is 1. The van der Waals surface area contributed by atoms with Gasteiger partial charge in [-0.15, -0.1) is 0 Å². The van der Waals surface area contributed by atoms with Crippen molar-refractivity contribution in [2.75, 3.05) is 25.4 Å². The third kappa shape index (κ3) is 4.56. The van der Waals surface area contributed by atoms with Gasteiger partial charge >= 0.3 is 0 Å². The monoisotopic (exact) mass is 406 g/mol. The summed E-state index contributed by atoms with van der Waals surface area (Å²) in [6.07, 6.45) is 3.41. The Morgan fingerprint density at radius 3 is 2.70 bits per heavy atom. The Balaban J connectivity index is 1.51. The maximum atomic E-state index is 13.3. The standard InChI is InChI=1S/C23H23FN4O2/c24-18-10-8-16(9-11-18)20-13-26-23(25)27-22(20)17-5-4-12-28(14-17)21(29)15-30-19-6-2-1-3-7-19/h1-3,6-11,13,17H,4-5,12,14-15H2,(H2,25,26,27)/t17-/m1/s1. The third-order valence-electron chi connectivity index (χ3n) is 5.26. The van der Waals surface area contributed by atoms with E-state index in [1.807, 2.05) is 35.2 Å². The zero-order valence-electron chi connectivity index (χ0n) is 16.5. The number of rotatable bonds is 5. The Morgan fingerprint density at radius 1 is 1.17 bits per heavy atom. The van der Waals surface area contributed by atoms with Gasteiger partial charge in [-0.3, -0.25) is 4.79 Å². The van der Waals surface area contributed by atoms with E-state index in [9.17, 15) is 9.18 Å². The van der Waals surface area contributed by atoms with E-state index in [1.54, 1.807) is 18.3 Å². The quantitative estimate of drug-likeness (QED) is 0.700. The maximum absolute atomic E-state index is 13.3. The van der Waals surface area contributed by atoms with Crippen molar-refractivity contribution in [1.82, 2.24) is 14.9 Å². The average Bonchev–Trinajstić information content (AvgIpc) is 2.79. The van der Waals surface area contributed by atoms with Gasteiger partial charge in [0.05, 0.1) is 5.69 Å². The van der Waals surface area contributed by atoms with Crippen LogP contribution in [0.15, 0.2) is 60.8 Å². The van der Waals surface area contributed by atoms with Gasteiger partial charge in [-0.1, -0.05) is 30.3 Å². The van der Waals surface area contributed by atoms with Crippen LogP contribution in [0.2, 0.25) is 0 Å². The van der Waals surface area contributed by atoms with E-state index in [0.717, 1.165) is 29.7 Å². The zero-order chi connectivity index (χ0) is 20.9. The molecule has 4 rings (SSSR count). The summed E-state index contributed by atoms with van der Waals surface area (Å²) in [5, 5.41) is 0. The first-order valence-electron chi connectivity index (χ1n) is 9.94. The van der Waals surface area contributed by atoms with Crippen molar-refractivity contribution >= 4 is 11.9 Å². The second kappa shape index (κ2) is 8.90. The van der Waals surface area contributed by atoms with Gasteiger partial charge in [0.1, 0.15) is 11.6 Å². The number of carbonyl (C=O) groups excluding carboxylic acids is 1. The fourth-order valence-corrected chi connectivity index (χ4v) is 3.75. The molecule has 0 radical (unpaired) electrons. The summed E-state index contributed by atoms with van der Waals surface area (Å²) in [4.78, 5) is 23.1. The number of amides is 1. The minimum atomic E-state index is -0.301. The highest BCUT2D eigenvalue weighted by Crippen LogP contribution is 2.33. The van der Waals surface area contributed by atoms with E-state index in [2.05, 4.69) is 9.97 Å². The first kappa shape index (κ1) is 19.8. The van der Waals surface area contributed by atoms with Crippen LogP contribution in [-0.4, -0.2) is 40.5 Å². The lowest BCUT2D eigenvalue weighted by Gasteiger charge is -2.33. The molecule has 3 aromatic rings. The largest absolute Gasteiger partial charge is 0.484 e. The number of nitrogens with zero attached hydrogens (tertiary/aromatic N) is 3. The molecule has 0 saturated carbocycles. The molecule has 154 valence electrons. The highest BCUT2D eigenvalue weighted by atomic mass is 19.1. The first-order valence-corrected chi connectivity index (χ1v) is 9.94. The smallest absolute Gasteiger partial charge is 0.260 e. The fraction of sp³-hybridized carbons (Fsp3) is 0.261. The van der Waals surface area contributed by atoms with Crippen LogP contribution >= 0.6 is 0 Å². The van der Waals surface area contributed by atoms with Gasteiger partial charge in [0.2, 0.25) is 5.95 Å². The van der Waals surface area contributed by atoms with Crippen molar-refractivity contribution < 1.29 is 13.9 Å². The second-order valence-corrected chi connectivity index (χ2v) is 7.31. The van der Waals surface area contributed by atoms with Crippen LogP contribution in [0, 0.1) is 5.82 Å². The molecule has 1 aliphatic heterocycles. The second-order valence-electron chi connectivity index (χ2n) is 7.31. The van der Waals surface area contributed by atoms with E-state index in [4.69, 9.17) is 10.5 Å². The summed E-state index contributed by atoms with van der Waals surface area (Å²) in [5.74, 6) is 0.511. The fourth-order valence-electron chi connectivity index (χ4n) is 3.75. The van der Waals surface area contributed by atoms with Crippen LogP contribution in [0.25, 0.3) is 11.1 Å². The topological polar surface area (TPSA) is 81.3 Å². The zero-order valence-corrected chi connectivity index (χ0v) is 16.5. The van der Waals surface area contributed by atoms with Crippen molar-refractivity contribution in [2.24, 2.45) is 0 Å². The molecule has 1 amide bonds. The molecular formula is C23H23FN4O2. The first-order chi connectivity index (χ1) is 14.6. The van der Waals surface area contributed by atoms with Gasteiger partial charge in [-0.25, -0.2) is 14.4 Å². The van der Waals surface area contributed by atoms with E-state index in [0.29, 0.717) is 18.8 Å². The summed E-state index contributed by atoms with van der Waals surface area (Å²) in [7, 11) is 0. The Kier molecular flexibility index (Phi) is 5.88. The van der Waals surface area contributed by atoms with Crippen molar-refractivity contribution in [1.29, 1.82) is 0 Å². The van der Waals surface area contributed by atoms with Gasteiger partial charge < -0.3 is 15.4 Å². The predicted octanol–water partition coefficient (Wildman–Crippen LogP) is 3.65. The number of ether oxygens (including phenoxy) is 1. The number of hydrogen-bond donors (Lipinski definition) is 1. The number of hydrogen-bond acceptors (Lipinski definition) is 5. The molecule has 30 heavy (non-hydrogen) atoms. The number of benzene rings is 2. The Morgan fingerprint density at radius 2 is 1.93 bits per heavy atom. The summed E-state index contributed by atoms with van der Waals surface area (Å²) >= 11 is 0. The van der Waals surface area contributed by atoms with Crippen LogP contribution in [0.5, 0.6) is 5.75 Å². The molecule has 1 fully saturated rings. The van der Waals surface area contributed by atoms with Crippen LogP contribution in [0.3, 0.4) is 0 Å². The Bertz CT molecular complexity index is 1010. The van der Waals surface area contributed by atoms with Crippen LogP contribution in [-0.2, 0) is 4.79 Å². The molecule has 1 aromatic heterocycles. The molecule has 0 spiro atoms. The van der Waals surface area contributed by atoms with E-state index < -0.39 is 0 Å².